The van der Waals surface area contributed by atoms with Gasteiger partial charge in [0.05, 0.1) is 12.2 Å². The summed E-state index contributed by atoms with van der Waals surface area (Å²) in [5.74, 6) is 0.956. The van der Waals surface area contributed by atoms with E-state index in [4.69, 9.17) is 9.26 Å². The second-order valence-electron chi connectivity index (χ2n) is 8.19. The molecule has 2 N–H and O–H groups in total. The van der Waals surface area contributed by atoms with Gasteiger partial charge in [0.1, 0.15) is 22.9 Å². The number of aromatic hydroxyl groups is 2. The second-order valence-corrected chi connectivity index (χ2v) is 8.19. The van der Waals surface area contributed by atoms with Gasteiger partial charge in [-0.3, -0.25) is 4.79 Å². The molecule has 3 aromatic carbocycles. The number of rotatable bonds is 9. The first-order chi connectivity index (χ1) is 16.4. The van der Waals surface area contributed by atoms with Crippen molar-refractivity contribution in [2.24, 2.45) is 0 Å². The van der Waals surface area contributed by atoms with Crippen LogP contribution in [-0.2, 0) is 0 Å². The Kier molecular flexibility index (Phi) is 6.94. The van der Waals surface area contributed by atoms with E-state index < -0.39 is 0 Å². The van der Waals surface area contributed by atoms with Crippen LogP contribution < -0.4 is 4.74 Å². The quantitative estimate of drug-likeness (QED) is 0.270. The number of hydrogen-bond donors (Lipinski definition) is 2. The molecule has 0 saturated heterocycles. The maximum Gasteiger partial charge on any atom is 0.199 e. The van der Waals surface area contributed by atoms with E-state index in [1.54, 1.807) is 48.5 Å². The van der Waals surface area contributed by atoms with Gasteiger partial charge in [0.2, 0.25) is 0 Å². The fourth-order valence-electron chi connectivity index (χ4n) is 3.54. The topological polar surface area (TPSA) is 96.0 Å². The number of carbonyl (C=O) groups is 1. The van der Waals surface area contributed by atoms with Crippen molar-refractivity contribution < 1.29 is 24.3 Å². The molecule has 1 aromatic heterocycles. The smallest absolute Gasteiger partial charge is 0.199 e. The maximum absolute atomic E-state index is 13.6. The largest absolute Gasteiger partial charge is 0.508 e. The molecule has 1 heterocycles. The number of ether oxygens (including phenoxy) is 1. The van der Waals surface area contributed by atoms with Gasteiger partial charge in [0, 0.05) is 23.2 Å². The van der Waals surface area contributed by atoms with Crippen LogP contribution in [0, 0.1) is 0 Å². The summed E-state index contributed by atoms with van der Waals surface area (Å²) in [5.41, 5.74) is 2.38. The number of ketones is 1. The van der Waals surface area contributed by atoms with E-state index in [1.807, 2.05) is 14.1 Å². The van der Waals surface area contributed by atoms with Crippen molar-refractivity contribution in [3.8, 4) is 39.8 Å². The molecule has 0 aliphatic heterocycles. The van der Waals surface area contributed by atoms with Gasteiger partial charge in [0.25, 0.3) is 0 Å². The van der Waals surface area contributed by atoms with Crippen molar-refractivity contribution in [3.63, 3.8) is 0 Å². The molecule has 0 saturated carbocycles. The maximum atomic E-state index is 13.6. The third-order valence-electron chi connectivity index (χ3n) is 5.32. The van der Waals surface area contributed by atoms with Crippen LogP contribution >= 0.6 is 0 Å². The average Bonchev–Trinajstić information content (AvgIpc) is 3.28. The Hall–Kier alpha value is -4.10. The third-order valence-corrected chi connectivity index (χ3v) is 5.32. The molecule has 7 nitrogen and oxygen atoms in total. The molecule has 7 heteroatoms. The summed E-state index contributed by atoms with van der Waals surface area (Å²) >= 11 is 0. The van der Waals surface area contributed by atoms with Gasteiger partial charge < -0.3 is 24.4 Å². The van der Waals surface area contributed by atoms with E-state index in [-0.39, 0.29) is 17.3 Å². The van der Waals surface area contributed by atoms with Crippen LogP contribution in [0.25, 0.3) is 22.6 Å². The van der Waals surface area contributed by atoms with Gasteiger partial charge in [-0.05, 0) is 93.3 Å². The van der Waals surface area contributed by atoms with Crippen molar-refractivity contribution in [2.75, 3.05) is 27.2 Å². The van der Waals surface area contributed by atoms with Gasteiger partial charge in [-0.15, -0.1) is 0 Å². The minimum absolute atomic E-state index is 0.107. The molecular weight excluding hydrogens is 432 g/mol. The van der Waals surface area contributed by atoms with Crippen LogP contribution in [0.3, 0.4) is 0 Å². The lowest BCUT2D eigenvalue weighted by atomic mass is 9.95. The molecule has 0 spiro atoms. The molecule has 0 unspecified atom stereocenters. The molecule has 174 valence electrons. The van der Waals surface area contributed by atoms with Gasteiger partial charge in [-0.25, -0.2) is 0 Å². The highest BCUT2D eigenvalue weighted by Gasteiger charge is 2.26. The molecule has 0 aliphatic carbocycles. The van der Waals surface area contributed by atoms with Crippen molar-refractivity contribution in [1.29, 1.82) is 0 Å². The Balaban J connectivity index is 1.66. The summed E-state index contributed by atoms with van der Waals surface area (Å²) in [6.45, 7) is 1.53. The number of carbonyl (C=O) groups excluding carboxylic acids is 1. The fraction of sp³-hybridized carbons (Fsp3) is 0.185. The van der Waals surface area contributed by atoms with Gasteiger partial charge in [-0.1, -0.05) is 5.16 Å². The predicted molar refractivity (Wildman–Crippen MR) is 129 cm³/mol. The third kappa shape index (κ3) is 5.27. The molecule has 0 atom stereocenters. The summed E-state index contributed by atoms with van der Waals surface area (Å²) in [5, 5.41) is 23.5. The van der Waals surface area contributed by atoms with E-state index in [0.29, 0.717) is 46.1 Å². The summed E-state index contributed by atoms with van der Waals surface area (Å²) < 4.78 is 11.4. The Morgan fingerprint density at radius 1 is 0.882 bits per heavy atom. The zero-order valence-corrected chi connectivity index (χ0v) is 19.1. The van der Waals surface area contributed by atoms with Crippen LogP contribution in [0.5, 0.6) is 17.2 Å². The molecular formula is C27H26N2O5. The first-order valence-electron chi connectivity index (χ1n) is 10.9. The SMILES string of the molecule is CN(C)CCCOc1ccc(C(=O)c2c(-c3ccc(O)cc3)noc2-c2ccc(O)cc2)cc1. The minimum Gasteiger partial charge on any atom is -0.508 e. The highest BCUT2D eigenvalue weighted by molar-refractivity contribution is 6.15. The lowest BCUT2D eigenvalue weighted by Gasteiger charge is -2.10. The number of nitrogens with zero attached hydrogens (tertiary/aromatic N) is 2. The predicted octanol–water partition coefficient (Wildman–Crippen LogP) is 4.98. The Bertz CT molecular complexity index is 1180. The molecule has 34 heavy (non-hydrogen) atoms. The Morgan fingerprint density at radius 2 is 1.47 bits per heavy atom. The Morgan fingerprint density at radius 3 is 2.06 bits per heavy atom. The van der Waals surface area contributed by atoms with Crippen LogP contribution in [0.1, 0.15) is 22.3 Å². The van der Waals surface area contributed by atoms with Crippen molar-refractivity contribution in [1.82, 2.24) is 10.1 Å². The van der Waals surface area contributed by atoms with E-state index in [1.165, 1.54) is 24.3 Å². The van der Waals surface area contributed by atoms with Crippen molar-refractivity contribution >= 4 is 5.78 Å². The van der Waals surface area contributed by atoms with E-state index in [2.05, 4.69) is 10.1 Å². The number of hydrogen-bond acceptors (Lipinski definition) is 7. The molecule has 0 radical (unpaired) electrons. The van der Waals surface area contributed by atoms with E-state index in [9.17, 15) is 15.0 Å². The van der Waals surface area contributed by atoms with Crippen LogP contribution in [-0.4, -0.2) is 53.3 Å². The number of phenols is 2. The minimum atomic E-state index is -0.258. The summed E-state index contributed by atoms with van der Waals surface area (Å²) in [6, 6.07) is 19.8. The lowest BCUT2D eigenvalue weighted by Crippen LogP contribution is -2.15. The number of aromatic nitrogens is 1. The van der Waals surface area contributed by atoms with Gasteiger partial charge in [-0.2, -0.15) is 0 Å². The standard InChI is InChI=1S/C27H26N2O5/c1-29(2)16-3-17-33-23-14-8-19(9-15-23)26(32)24-25(18-4-10-21(30)11-5-18)28-34-27(24)20-6-12-22(31)13-7-20/h4-15,30-31H,3,16-17H2,1-2H3. The van der Waals surface area contributed by atoms with Crippen LogP contribution in [0.4, 0.5) is 0 Å². The summed E-state index contributed by atoms with van der Waals surface area (Å²) in [4.78, 5) is 15.7. The van der Waals surface area contributed by atoms with Gasteiger partial charge >= 0.3 is 0 Å². The fourth-order valence-corrected chi connectivity index (χ4v) is 3.54. The number of benzene rings is 3. The molecule has 4 aromatic rings. The molecule has 0 bridgehead atoms. The van der Waals surface area contributed by atoms with Crippen LogP contribution in [0.15, 0.2) is 77.3 Å². The van der Waals surface area contributed by atoms with Crippen molar-refractivity contribution in [2.45, 2.75) is 6.42 Å². The summed E-state index contributed by atoms with van der Waals surface area (Å²) in [7, 11) is 4.04. The Labute approximate surface area is 197 Å². The molecule has 0 aliphatic rings. The highest BCUT2D eigenvalue weighted by Crippen LogP contribution is 2.35. The zero-order valence-electron chi connectivity index (χ0n) is 19.1. The first kappa shape index (κ1) is 23.1. The monoisotopic (exact) mass is 458 g/mol. The van der Waals surface area contributed by atoms with E-state index >= 15 is 0 Å². The molecule has 4 rings (SSSR count). The van der Waals surface area contributed by atoms with Crippen LogP contribution in [0.2, 0.25) is 0 Å². The van der Waals surface area contributed by atoms with Gasteiger partial charge in [0.15, 0.2) is 11.5 Å². The average molecular weight is 459 g/mol. The highest BCUT2D eigenvalue weighted by atomic mass is 16.5. The van der Waals surface area contributed by atoms with Crippen molar-refractivity contribution in [3.05, 3.63) is 83.9 Å². The molecule has 0 fully saturated rings. The van der Waals surface area contributed by atoms with E-state index in [0.717, 1.165) is 13.0 Å². The molecule has 0 amide bonds. The second kappa shape index (κ2) is 10.2. The lowest BCUT2D eigenvalue weighted by molar-refractivity contribution is 0.103. The summed E-state index contributed by atoms with van der Waals surface area (Å²) in [6.07, 6.45) is 0.903. The normalized spacial score (nSPS) is 11.0. The first-order valence-corrected chi connectivity index (χ1v) is 10.9. The number of phenolic OH excluding ortho intramolecular Hbond substituents is 2. The zero-order chi connectivity index (χ0) is 24.1.